The molecule has 0 atom stereocenters. The molecule has 0 saturated carbocycles. The molecule has 0 bridgehead atoms. The zero-order valence-corrected chi connectivity index (χ0v) is 14.4. The van der Waals surface area contributed by atoms with Crippen LogP contribution >= 0.6 is 0 Å². The zero-order valence-electron chi connectivity index (χ0n) is 13.6. The van der Waals surface area contributed by atoms with Crippen molar-refractivity contribution in [3.05, 3.63) is 71.3 Å². The number of methoxy groups -OCH3 is 1. The van der Waals surface area contributed by atoms with Gasteiger partial charge >= 0.3 is 0 Å². The van der Waals surface area contributed by atoms with Crippen LogP contribution in [0.2, 0.25) is 0 Å². The molecule has 4 nitrogen and oxygen atoms in total. The maximum Gasteiger partial charge on any atom is 0.238 e. The van der Waals surface area contributed by atoms with Crippen molar-refractivity contribution in [3.63, 3.8) is 0 Å². The lowest BCUT2D eigenvalue weighted by molar-refractivity contribution is 0.411. The molecule has 0 fully saturated rings. The molecule has 0 heterocycles. The van der Waals surface area contributed by atoms with Gasteiger partial charge in [-0.05, 0) is 65.4 Å². The summed E-state index contributed by atoms with van der Waals surface area (Å²) < 4.78 is 28.1. The van der Waals surface area contributed by atoms with Crippen molar-refractivity contribution >= 4 is 21.2 Å². The van der Waals surface area contributed by atoms with Gasteiger partial charge in [0.25, 0.3) is 0 Å². The summed E-state index contributed by atoms with van der Waals surface area (Å²) in [6, 6.07) is 12.8. The summed E-state index contributed by atoms with van der Waals surface area (Å²) in [6.45, 7) is 2.02. The Morgan fingerprint density at radius 2 is 1.54 bits per heavy atom. The Bertz CT molecular complexity index is 939. The van der Waals surface area contributed by atoms with E-state index in [1.165, 1.54) is 0 Å². The van der Waals surface area contributed by atoms with Gasteiger partial charge in [-0.25, -0.2) is 13.6 Å². The van der Waals surface area contributed by atoms with Crippen molar-refractivity contribution in [1.29, 1.82) is 0 Å². The molecule has 0 radical (unpaired) electrons. The van der Waals surface area contributed by atoms with E-state index in [1.807, 2.05) is 19.1 Å². The predicted octanol–water partition coefficient (Wildman–Crippen LogP) is 3.52. The van der Waals surface area contributed by atoms with Gasteiger partial charge in [0.05, 0.1) is 12.0 Å². The van der Waals surface area contributed by atoms with Gasteiger partial charge in [0.15, 0.2) is 0 Å². The number of hydrogen-bond acceptors (Lipinski definition) is 3. The van der Waals surface area contributed by atoms with Crippen LogP contribution in [-0.4, -0.2) is 15.5 Å². The van der Waals surface area contributed by atoms with Gasteiger partial charge in [0.2, 0.25) is 10.0 Å². The fourth-order valence-corrected chi connectivity index (χ4v) is 3.45. The Hall–Kier alpha value is -2.37. The molecule has 2 N–H and O–H groups in total. The van der Waals surface area contributed by atoms with Gasteiger partial charge in [-0.3, -0.25) is 0 Å². The van der Waals surface area contributed by atoms with Gasteiger partial charge < -0.3 is 4.74 Å². The second kappa shape index (κ2) is 6.26. The highest BCUT2D eigenvalue weighted by Crippen LogP contribution is 2.37. The maximum absolute atomic E-state index is 11.4. The summed E-state index contributed by atoms with van der Waals surface area (Å²) in [5.74, 6) is 0.861. The number of primary sulfonamides is 1. The van der Waals surface area contributed by atoms with Crippen LogP contribution in [0.25, 0.3) is 11.1 Å². The SMILES string of the molecule is COc1ccc(C2=CCC=C2c2ccc(S(N)(=O)=O)cc2)cc1C. The van der Waals surface area contributed by atoms with Crippen molar-refractivity contribution in [2.45, 2.75) is 18.2 Å². The highest BCUT2D eigenvalue weighted by molar-refractivity contribution is 7.89. The first kappa shape index (κ1) is 16.5. The van der Waals surface area contributed by atoms with Gasteiger partial charge in [-0.1, -0.05) is 30.4 Å². The normalized spacial score (nSPS) is 14.3. The third-order valence-corrected chi connectivity index (χ3v) is 5.06. The molecular weight excluding hydrogens is 322 g/mol. The third kappa shape index (κ3) is 3.13. The minimum atomic E-state index is -3.67. The molecule has 2 aromatic carbocycles. The number of hydrogen-bond donors (Lipinski definition) is 1. The van der Waals surface area contributed by atoms with Crippen LogP contribution in [-0.2, 0) is 10.0 Å². The van der Waals surface area contributed by atoms with E-state index >= 15 is 0 Å². The number of nitrogens with two attached hydrogens (primary N) is 1. The molecule has 0 saturated heterocycles. The van der Waals surface area contributed by atoms with Crippen molar-refractivity contribution in [2.24, 2.45) is 5.14 Å². The average Bonchev–Trinajstić information content (AvgIpc) is 3.03. The van der Waals surface area contributed by atoms with Gasteiger partial charge in [-0.15, -0.1) is 0 Å². The molecule has 0 amide bonds. The molecule has 0 spiro atoms. The molecule has 124 valence electrons. The highest BCUT2D eigenvalue weighted by Gasteiger charge is 2.16. The molecule has 0 unspecified atom stereocenters. The van der Waals surface area contributed by atoms with Crippen LogP contribution in [0.4, 0.5) is 0 Å². The summed E-state index contributed by atoms with van der Waals surface area (Å²) in [4.78, 5) is 0.121. The number of sulfonamides is 1. The summed E-state index contributed by atoms with van der Waals surface area (Å²) >= 11 is 0. The molecule has 2 aromatic rings. The minimum Gasteiger partial charge on any atom is -0.496 e. The van der Waals surface area contributed by atoms with E-state index < -0.39 is 10.0 Å². The number of rotatable bonds is 4. The Kier molecular flexibility index (Phi) is 4.30. The van der Waals surface area contributed by atoms with Crippen LogP contribution in [0.3, 0.4) is 0 Å². The fourth-order valence-electron chi connectivity index (χ4n) is 2.93. The number of benzene rings is 2. The monoisotopic (exact) mass is 341 g/mol. The van der Waals surface area contributed by atoms with Crippen molar-refractivity contribution in [1.82, 2.24) is 0 Å². The summed E-state index contributed by atoms with van der Waals surface area (Å²) in [5.41, 5.74) is 5.41. The lowest BCUT2D eigenvalue weighted by Gasteiger charge is -2.12. The van der Waals surface area contributed by atoms with Crippen molar-refractivity contribution in [3.8, 4) is 5.75 Å². The van der Waals surface area contributed by atoms with Crippen LogP contribution in [0.5, 0.6) is 5.75 Å². The molecule has 0 aromatic heterocycles. The molecular formula is C19H19NO3S. The Balaban J connectivity index is 1.95. The number of ether oxygens (including phenoxy) is 1. The van der Waals surface area contributed by atoms with E-state index in [2.05, 4.69) is 18.2 Å². The van der Waals surface area contributed by atoms with E-state index in [1.54, 1.807) is 31.4 Å². The standard InChI is InChI=1S/C19H19NO3S/c1-13-12-15(8-11-19(13)23-2)18-5-3-4-17(18)14-6-9-16(10-7-14)24(20,21)22/h4-12H,3H2,1-2H3,(H2,20,21,22). The summed E-state index contributed by atoms with van der Waals surface area (Å²) in [6.07, 6.45) is 5.16. The lowest BCUT2D eigenvalue weighted by Crippen LogP contribution is -2.11. The molecule has 3 rings (SSSR count). The molecule has 0 aliphatic heterocycles. The van der Waals surface area contributed by atoms with E-state index in [4.69, 9.17) is 9.88 Å². The topological polar surface area (TPSA) is 69.4 Å². The van der Waals surface area contributed by atoms with E-state index in [0.29, 0.717) is 0 Å². The van der Waals surface area contributed by atoms with Gasteiger partial charge in [0.1, 0.15) is 5.75 Å². The average molecular weight is 341 g/mol. The van der Waals surface area contributed by atoms with Gasteiger partial charge in [0, 0.05) is 0 Å². The molecule has 5 heteroatoms. The van der Waals surface area contributed by atoms with E-state index in [9.17, 15) is 8.42 Å². The van der Waals surface area contributed by atoms with Crippen LogP contribution < -0.4 is 9.88 Å². The quantitative estimate of drug-likeness (QED) is 0.925. The van der Waals surface area contributed by atoms with Crippen molar-refractivity contribution in [2.75, 3.05) is 7.11 Å². The third-order valence-electron chi connectivity index (χ3n) is 4.13. The molecule has 1 aliphatic carbocycles. The summed E-state index contributed by atoms with van der Waals surface area (Å²) in [7, 11) is -2.01. The van der Waals surface area contributed by atoms with E-state index in [-0.39, 0.29) is 4.90 Å². The summed E-state index contributed by atoms with van der Waals surface area (Å²) in [5, 5.41) is 5.16. The number of allylic oxidation sites excluding steroid dienone is 4. The fraction of sp³-hybridized carbons (Fsp3) is 0.158. The Labute approximate surface area is 142 Å². The van der Waals surface area contributed by atoms with E-state index in [0.717, 1.165) is 40.0 Å². The second-order valence-corrected chi connectivity index (χ2v) is 7.29. The lowest BCUT2D eigenvalue weighted by atomic mass is 9.94. The minimum absolute atomic E-state index is 0.121. The molecule has 1 aliphatic rings. The molecule has 24 heavy (non-hydrogen) atoms. The van der Waals surface area contributed by atoms with Crippen LogP contribution in [0, 0.1) is 6.92 Å². The van der Waals surface area contributed by atoms with Crippen LogP contribution in [0.1, 0.15) is 23.1 Å². The predicted molar refractivity (Wildman–Crippen MR) is 96.1 cm³/mol. The second-order valence-electron chi connectivity index (χ2n) is 5.73. The largest absolute Gasteiger partial charge is 0.496 e. The highest BCUT2D eigenvalue weighted by atomic mass is 32.2. The Morgan fingerprint density at radius 1 is 0.958 bits per heavy atom. The van der Waals surface area contributed by atoms with Gasteiger partial charge in [-0.2, -0.15) is 0 Å². The van der Waals surface area contributed by atoms with Crippen LogP contribution in [0.15, 0.2) is 59.5 Å². The zero-order chi connectivity index (χ0) is 17.3. The first-order valence-corrected chi connectivity index (χ1v) is 9.14. The number of aryl methyl sites for hydroxylation is 1. The smallest absolute Gasteiger partial charge is 0.238 e. The first-order valence-electron chi connectivity index (χ1n) is 7.59. The maximum atomic E-state index is 11.4. The van der Waals surface area contributed by atoms with Crippen molar-refractivity contribution < 1.29 is 13.2 Å². The Morgan fingerprint density at radius 3 is 2.08 bits per heavy atom. The first-order chi connectivity index (χ1) is 11.4.